The first kappa shape index (κ1) is 19.8. The van der Waals surface area contributed by atoms with Gasteiger partial charge in [-0.05, 0) is 29.0 Å². The Morgan fingerprint density at radius 1 is 0.875 bits per heavy atom. The maximum atomic E-state index is 5.99. The van der Waals surface area contributed by atoms with Crippen LogP contribution in [0.2, 0.25) is 0 Å². The van der Waals surface area contributed by atoms with Gasteiger partial charge in [-0.25, -0.2) is 0 Å². The van der Waals surface area contributed by atoms with Crippen LogP contribution in [0.25, 0.3) is 12.2 Å². The molecule has 0 unspecified atom stereocenters. The zero-order chi connectivity index (χ0) is 18.0. The molecule has 0 aliphatic carbocycles. The second-order valence-electron chi connectivity index (χ2n) is 4.50. The van der Waals surface area contributed by atoms with E-state index in [0.29, 0.717) is 0 Å². The van der Waals surface area contributed by atoms with E-state index in [9.17, 15) is 0 Å². The number of halogens is 6. The monoisotopic (exact) mass is 445 g/mol. The molecule has 0 radical (unpaired) electrons. The molecule has 0 atom stereocenters. The quantitative estimate of drug-likeness (QED) is 0.566. The molecule has 2 aromatic rings. The fraction of sp³-hybridized carbons (Fsp3) is 0.214. The molecule has 1 aromatic carbocycles. The average Bonchev–Trinajstić information content (AvgIpc) is 2.51. The maximum Gasteiger partial charge on any atom is 0.234 e. The van der Waals surface area contributed by atoms with Crippen LogP contribution >= 0.6 is 69.6 Å². The molecule has 0 aliphatic rings. The van der Waals surface area contributed by atoms with Crippen molar-refractivity contribution in [3.8, 4) is 5.75 Å². The summed E-state index contributed by atoms with van der Waals surface area (Å²) in [5.41, 5.74) is 1.03. The van der Waals surface area contributed by atoms with Crippen LogP contribution in [-0.4, -0.2) is 22.5 Å². The molecule has 0 spiro atoms. The summed E-state index contributed by atoms with van der Waals surface area (Å²) in [6.45, 7) is 0. The normalized spacial score (nSPS) is 12.6. The van der Waals surface area contributed by atoms with Gasteiger partial charge in [0.05, 0.1) is 18.4 Å². The van der Waals surface area contributed by atoms with Gasteiger partial charge in [-0.1, -0.05) is 87.8 Å². The fourth-order valence-electron chi connectivity index (χ4n) is 1.82. The lowest BCUT2D eigenvalue weighted by molar-refractivity contribution is 0.415. The Morgan fingerprint density at radius 2 is 1.50 bits per heavy atom. The highest BCUT2D eigenvalue weighted by molar-refractivity contribution is 6.69. The van der Waals surface area contributed by atoms with E-state index in [1.165, 1.54) is 0 Å². The number of methoxy groups -OCH3 is 1. The molecule has 0 fully saturated rings. The molecule has 24 heavy (non-hydrogen) atoms. The molecule has 0 aliphatic heterocycles. The zero-order valence-corrected chi connectivity index (χ0v) is 16.5. The molecule has 1 aromatic heterocycles. The van der Waals surface area contributed by atoms with Crippen LogP contribution in [0.3, 0.4) is 0 Å². The van der Waals surface area contributed by atoms with Gasteiger partial charge in [-0.2, -0.15) is 0 Å². The van der Waals surface area contributed by atoms with Gasteiger partial charge in [0.2, 0.25) is 7.59 Å². The number of rotatable bonds is 3. The standard InChI is InChI=1S/C14H9Cl6N3O/c1-24-9-5-2-8(3-6-9)4-7-10-11(13(15,16)17)12(14(18,19)20)22-23-21-10/h2-7H,1H3/b7-4+. The molecule has 128 valence electrons. The van der Waals surface area contributed by atoms with E-state index in [2.05, 4.69) is 15.4 Å². The fourth-order valence-corrected chi connectivity index (χ4v) is 2.78. The van der Waals surface area contributed by atoms with Crippen LogP contribution in [0.4, 0.5) is 0 Å². The summed E-state index contributed by atoms with van der Waals surface area (Å²) in [4.78, 5) is 0. The van der Waals surface area contributed by atoms with Gasteiger partial charge >= 0.3 is 0 Å². The van der Waals surface area contributed by atoms with Gasteiger partial charge in [0.25, 0.3) is 0 Å². The van der Waals surface area contributed by atoms with Crippen molar-refractivity contribution in [2.24, 2.45) is 0 Å². The Kier molecular flexibility index (Phi) is 6.46. The number of alkyl halides is 6. The van der Waals surface area contributed by atoms with Gasteiger partial charge in [0, 0.05) is 0 Å². The lowest BCUT2D eigenvalue weighted by Crippen LogP contribution is -2.18. The van der Waals surface area contributed by atoms with Crippen LogP contribution in [0.15, 0.2) is 24.3 Å². The molecule has 0 N–H and O–H groups in total. The van der Waals surface area contributed by atoms with E-state index in [0.717, 1.165) is 11.3 Å². The molecular formula is C14H9Cl6N3O. The molecule has 0 saturated carbocycles. The van der Waals surface area contributed by atoms with Crippen LogP contribution in [0.5, 0.6) is 5.75 Å². The molecular weight excluding hydrogens is 439 g/mol. The van der Waals surface area contributed by atoms with Gasteiger partial charge in [-0.3, -0.25) is 0 Å². The summed E-state index contributed by atoms with van der Waals surface area (Å²) < 4.78 is 1.28. The number of hydrogen-bond donors (Lipinski definition) is 0. The van der Waals surface area contributed by atoms with Gasteiger partial charge < -0.3 is 4.74 Å². The van der Waals surface area contributed by atoms with Crippen molar-refractivity contribution in [3.63, 3.8) is 0 Å². The molecule has 4 nitrogen and oxygen atoms in total. The minimum atomic E-state index is -1.92. The van der Waals surface area contributed by atoms with Gasteiger partial charge in [0.15, 0.2) is 0 Å². The largest absolute Gasteiger partial charge is 0.497 e. The molecule has 0 amide bonds. The van der Waals surface area contributed by atoms with E-state index in [-0.39, 0.29) is 17.0 Å². The Bertz CT molecular complexity index is 738. The van der Waals surface area contributed by atoms with Gasteiger partial charge in [-0.15, -0.1) is 10.2 Å². The second kappa shape index (κ2) is 7.81. The summed E-state index contributed by atoms with van der Waals surface area (Å²) in [6, 6.07) is 7.30. The van der Waals surface area contributed by atoms with E-state index >= 15 is 0 Å². The first-order valence-electron chi connectivity index (χ1n) is 6.33. The molecule has 0 bridgehead atoms. The third-order valence-electron chi connectivity index (χ3n) is 2.89. The zero-order valence-electron chi connectivity index (χ0n) is 12.0. The topological polar surface area (TPSA) is 47.9 Å². The molecule has 2 rings (SSSR count). The van der Waals surface area contributed by atoms with Gasteiger partial charge in [0.1, 0.15) is 11.4 Å². The van der Waals surface area contributed by atoms with Crippen molar-refractivity contribution in [3.05, 3.63) is 46.8 Å². The summed E-state index contributed by atoms with van der Waals surface area (Å²) in [7, 11) is 1.59. The number of aromatic nitrogens is 3. The Hall–Kier alpha value is -0.490. The third kappa shape index (κ3) is 5.01. The lowest BCUT2D eigenvalue weighted by atomic mass is 10.1. The van der Waals surface area contributed by atoms with Crippen molar-refractivity contribution in [1.82, 2.24) is 15.4 Å². The summed E-state index contributed by atoms with van der Waals surface area (Å²) in [5.74, 6) is 0.733. The highest BCUT2D eigenvalue weighted by atomic mass is 35.6. The van der Waals surface area contributed by atoms with Crippen molar-refractivity contribution in [2.75, 3.05) is 7.11 Å². The number of hydrogen-bond acceptors (Lipinski definition) is 4. The Labute approximate surface area is 168 Å². The molecule has 0 saturated heterocycles. The van der Waals surface area contributed by atoms with Crippen molar-refractivity contribution in [2.45, 2.75) is 7.59 Å². The van der Waals surface area contributed by atoms with Crippen LogP contribution < -0.4 is 4.74 Å². The Morgan fingerprint density at radius 3 is 2.00 bits per heavy atom. The van der Waals surface area contributed by atoms with E-state index in [1.807, 2.05) is 12.1 Å². The third-order valence-corrected chi connectivity index (χ3v) is 4.00. The van der Waals surface area contributed by atoms with E-state index in [4.69, 9.17) is 74.3 Å². The van der Waals surface area contributed by atoms with E-state index in [1.54, 1.807) is 31.4 Å². The SMILES string of the molecule is COc1ccc(/C=C/c2nnnc(C(Cl)(Cl)Cl)c2C(Cl)(Cl)Cl)cc1. The molecule has 1 heterocycles. The van der Waals surface area contributed by atoms with E-state index < -0.39 is 7.59 Å². The average molecular weight is 448 g/mol. The molecule has 10 heteroatoms. The summed E-state index contributed by atoms with van der Waals surface area (Å²) >= 11 is 35.6. The van der Waals surface area contributed by atoms with Crippen molar-refractivity contribution in [1.29, 1.82) is 0 Å². The highest BCUT2D eigenvalue weighted by Gasteiger charge is 2.39. The minimum absolute atomic E-state index is 0.0484. The number of benzene rings is 1. The van der Waals surface area contributed by atoms with Crippen molar-refractivity contribution < 1.29 is 4.74 Å². The Balaban J connectivity index is 2.47. The first-order chi connectivity index (χ1) is 11.1. The van der Waals surface area contributed by atoms with Crippen molar-refractivity contribution >= 4 is 81.8 Å². The second-order valence-corrected chi connectivity index (χ2v) is 9.06. The number of nitrogens with zero attached hydrogens (tertiary/aromatic N) is 3. The van der Waals surface area contributed by atoms with Crippen LogP contribution in [-0.2, 0) is 7.59 Å². The summed E-state index contributed by atoms with van der Waals surface area (Å²) in [6.07, 6.45) is 3.33. The summed E-state index contributed by atoms with van der Waals surface area (Å²) in [5, 5.41) is 11.1. The van der Waals surface area contributed by atoms with Crippen LogP contribution in [0, 0.1) is 0 Å². The lowest BCUT2D eigenvalue weighted by Gasteiger charge is -2.20. The highest BCUT2D eigenvalue weighted by Crippen LogP contribution is 2.48. The smallest absolute Gasteiger partial charge is 0.234 e. The van der Waals surface area contributed by atoms with Crippen LogP contribution in [0.1, 0.15) is 22.5 Å². The maximum absolute atomic E-state index is 5.99. The number of ether oxygens (including phenoxy) is 1. The predicted octanol–water partition coefficient (Wildman–Crippen LogP) is 5.70. The minimum Gasteiger partial charge on any atom is -0.497 e. The first-order valence-corrected chi connectivity index (χ1v) is 8.59. The predicted molar refractivity (Wildman–Crippen MR) is 100 cm³/mol.